The summed E-state index contributed by atoms with van der Waals surface area (Å²) in [5.74, 6) is -3.01. The summed E-state index contributed by atoms with van der Waals surface area (Å²) in [4.78, 5) is 63.3. The number of nitrogens with zero attached hydrogens (tertiary/aromatic N) is 1. The molecule has 0 aromatic heterocycles. The van der Waals surface area contributed by atoms with Crippen molar-refractivity contribution in [3.63, 3.8) is 0 Å². The topological polar surface area (TPSA) is 119 Å². The van der Waals surface area contributed by atoms with Gasteiger partial charge in [0.15, 0.2) is 6.61 Å². The van der Waals surface area contributed by atoms with Gasteiger partial charge in [-0.1, -0.05) is 26.0 Å². The van der Waals surface area contributed by atoms with Crippen molar-refractivity contribution in [2.45, 2.75) is 33.2 Å². The van der Waals surface area contributed by atoms with Crippen LogP contribution in [0.2, 0.25) is 0 Å². The first-order chi connectivity index (χ1) is 16.2. The van der Waals surface area contributed by atoms with E-state index < -0.39 is 42.3 Å². The first kappa shape index (κ1) is 23.7. The Morgan fingerprint density at radius 1 is 0.971 bits per heavy atom. The first-order valence-electron chi connectivity index (χ1n) is 11.5. The van der Waals surface area contributed by atoms with Crippen LogP contribution in [-0.2, 0) is 28.7 Å². The number of nitrogens with one attached hydrogen (secondary N) is 1. The zero-order chi connectivity index (χ0) is 24.6. The van der Waals surface area contributed by atoms with Gasteiger partial charge >= 0.3 is 11.9 Å². The monoisotopic (exact) mass is 468 g/mol. The molecule has 0 unspecified atom stereocenters. The molecular weight excluding hydrogens is 440 g/mol. The van der Waals surface area contributed by atoms with E-state index in [1.165, 1.54) is 31.2 Å². The molecule has 0 radical (unpaired) electrons. The Morgan fingerprint density at radius 3 is 2.12 bits per heavy atom. The number of rotatable bonds is 8. The highest BCUT2D eigenvalue weighted by atomic mass is 16.5. The van der Waals surface area contributed by atoms with Crippen molar-refractivity contribution in [1.29, 1.82) is 0 Å². The highest BCUT2D eigenvalue weighted by Crippen LogP contribution is 2.52. The molecule has 2 bridgehead atoms. The summed E-state index contributed by atoms with van der Waals surface area (Å²) in [6, 6.07) is 5.02. The second kappa shape index (κ2) is 9.40. The number of fused-ring (bicyclic) bond motifs is 5. The molecule has 4 rings (SSSR count). The largest absolute Gasteiger partial charge is 0.462 e. The molecule has 1 saturated heterocycles. The number of ether oxygens (including phenoxy) is 2. The highest BCUT2D eigenvalue weighted by Gasteiger charge is 2.60. The van der Waals surface area contributed by atoms with Crippen LogP contribution in [-0.4, -0.2) is 53.8 Å². The molecule has 1 N–H and O–H groups in total. The van der Waals surface area contributed by atoms with E-state index in [2.05, 4.69) is 5.32 Å². The molecular formula is C25H28N2O7. The number of carbonyl (C=O) groups excluding carboxylic acids is 5. The molecule has 180 valence electrons. The number of benzene rings is 1. The molecule has 9 heteroatoms. The number of hydrogen-bond donors (Lipinski definition) is 1. The second-order valence-electron chi connectivity index (χ2n) is 9.45. The fourth-order valence-corrected chi connectivity index (χ4v) is 4.88. The minimum absolute atomic E-state index is 0.0499. The fraction of sp³-hybridized carbons (Fsp3) is 0.480. The van der Waals surface area contributed by atoms with Gasteiger partial charge in [0.25, 0.3) is 5.91 Å². The maximum absolute atomic E-state index is 12.8. The summed E-state index contributed by atoms with van der Waals surface area (Å²) in [5, 5.41) is 2.57. The molecule has 1 aromatic carbocycles. The molecule has 1 heterocycles. The third-order valence-corrected chi connectivity index (χ3v) is 6.53. The van der Waals surface area contributed by atoms with Crippen molar-refractivity contribution in [2.24, 2.45) is 29.6 Å². The van der Waals surface area contributed by atoms with Gasteiger partial charge in [0, 0.05) is 5.69 Å². The van der Waals surface area contributed by atoms with E-state index in [1.807, 2.05) is 26.0 Å². The van der Waals surface area contributed by atoms with Crippen LogP contribution < -0.4 is 5.32 Å². The molecule has 1 aromatic rings. The van der Waals surface area contributed by atoms with E-state index in [4.69, 9.17) is 9.47 Å². The predicted molar refractivity (Wildman–Crippen MR) is 120 cm³/mol. The van der Waals surface area contributed by atoms with Gasteiger partial charge in [0.05, 0.1) is 24.0 Å². The number of amides is 3. The fourth-order valence-electron chi connectivity index (χ4n) is 4.88. The number of allylic oxidation sites excluding steroid dienone is 2. The molecule has 9 nitrogen and oxygen atoms in total. The van der Waals surface area contributed by atoms with Gasteiger partial charge in [-0.2, -0.15) is 0 Å². The quantitative estimate of drug-likeness (QED) is 0.353. The van der Waals surface area contributed by atoms with Gasteiger partial charge in [0.1, 0.15) is 6.04 Å². The van der Waals surface area contributed by atoms with Crippen LogP contribution in [0.25, 0.3) is 0 Å². The minimum Gasteiger partial charge on any atom is -0.462 e. The van der Waals surface area contributed by atoms with Crippen molar-refractivity contribution in [2.75, 3.05) is 18.5 Å². The Bertz CT molecular complexity index is 1020. The van der Waals surface area contributed by atoms with E-state index in [-0.39, 0.29) is 29.6 Å². The zero-order valence-electron chi connectivity index (χ0n) is 19.4. The lowest BCUT2D eigenvalue weighted by Crippen LogP contribution is -2.45. The van der Waals surface area contributed by atoms with Crippen LogP contribution in [0.5, 0.6) is 0 Å². The summed E-state index contributed by atoms with van der Waals surface area (Å²) >= 11 is 0. The van der Waals surface area contributed by atoms with E-state index in [1.54, 1.807) is 0 Å². The third-order valence-electron chi connectivity index (χ3n) is 6.53. The van der Waals surface area contributed by atoms with Crippen molar-refractivity contribution in [1.82, 2.24) is 4.90 Å². The lowest BCUT2D eigenvalue weighted by molar-refractivity contribution is -0.159. The Hall–Kier alpha value is -3.49. The number of hydrogen-bond acceptors (Lipinski definition) is 7. The third kappa shape index (κ3) is 4.47. The SMILES string of the molecule is CC(C)COC(=O)c1ccc(NC(=O)COC(=O)[C@H](C)N2C(=O)[C@@H]3[C@H](C2=O)[C@H]2C=C[C@H]3C2)cc1. The summed E-state index contributed by atoms with van der Waals surface area (Å²) < 4.78 is 10.2. The summed E-state index contributed by atoms with van der Waals surface area (Å²) in [6.45, 7) is 5.05. The van der Waals surface area contributed by atoms with Crippen molar-refractivity contribution < 1.29 is 33.4 Å². The standard InChI is InChI=1S/C25H28N2O7/c1-13(2)11-33-25(32)15-6-8-18(9-7-15)26-19(28)12-34-24(31)14(3)27-22(29)20-16-4-5-17(10-16)21(20)23(27)30/h4-9,13-14,16-17,20-21H,10-12H2,1-3H3,(H,26,28)/t14-,16-,17-,20-,21+/m0/s1. The molecule has 2 aliphatic carbocycles. The summed E-state index contributed by atoms with van der Waals surface area (Å²) in [7, 11) is 0. The van der Waals surface area contributed by atoms with Crippen LogP contribution in [0.1, 0.15) is 37.6 Å². The summed E-state index contributed by atoms with van der Waals surface area (Å²) in [6.07, 6.45) is 4.77. The Balaban J connectivity index is 1.26. The van der Waals surface area contributed by atoms with E-state index in [0.717, 1.165) is 11.3 Å². The number of likely N-dealkylation sites (tertiary alicyclic amines) is 1. The Morgan fingerprint density at radius 2 is 1.56 bits per heavy atom. The lowest BCUT2D eigenvalue weighted by Gasteiger charge is -2.23. The lowest BCUT2D eigenvalue weighted by atomic mass is 9.85. The average Bonchev–Trinajstić information content (AvgIpc) is 3.49. The van der Waals surface area contributed by atoms with Crippen LogP contribution in [0.4, 0.5) is 5.69 Å². The Labute approximate surface area is 197 Å². The molecule has 3 aliphatic rings. The first-order valence-corrected chi connectivity index (χ1v) is 11.5. The van der Waals surface area contributed by atoms with Gasteiger partial charge in [0.2, 0.25) is 11.8 Å². The van der Waals surface area contributed by atoms with Gasteiger partial charge in [-0.05, 0) is 55.4 Å². The van der Waals surface area contributed by atoms with Crippen LogP contribution in [0.3, 0.4) is 0 Å². The number of carbonyl (C=O) groups is 5. The van der Waals surface area contributed by atoms with Gasteiger partial charge in [-0.25, -0.2) is 9.59 Å². The number of anilines is 1. The molecule has 34 heavy (non-hydrogen) atoms. The zero-order valence-corrected chi connectivity index (χ0v) is 19.4. The van der Waals surface area contributed by atoms with Crippen molar-refractivity contribution in [3.05, 3.63) is 42.0 Å². The molecule has 1 aliphatic heterocycles. The van der Waals surface area contributed by atoms with Gasteiger partial charge in [-0.15, -0.1) is 0 Å². The van der Waals surface area contributed by atoms with Crippen molar-refractivity contribution in [3.8, 4) is 0 Å². The number of imide groups is 1. The van der Waals surface area contributed by atoms with Crippen LogP contribution in [0, 0.1) is 29.6 Å². The summed E-state index contributed by atoms with van der Waals surface area (Å²) in [5.41, 5.74) is 0.766. The smallest absolute Gasteiger partial charge is 0.338 e. The highest BCUT2D eigenvalue weighted by molar-refractivity contribution is 6.09. The maximum Gasteiger partial charge on any atom is 0.338 e. The van der Waals surface area contributed by atoms with E-state index >= 15 is 0 Å². The van der Waals surface area contributed by atoms with Gasteiger partial charge in [-0.3, -0.25) is 19.3 Å². The molecule has 2 fully saturated rings. The number of esters is 2. The van der Waals surface area contributed by atoms with Crippen molar-refractivity contribution >= 4 is 35.3 Å². The molecule has 1 saturated carbocycles. The molecule has 5 atom stereocenters. The Kier molecular flexibility index (Phi) is 6.54. The predicted octanol–water partition coefficient (Wildman–Crippen LogP) is 2.18. The minimum atomic E-state index is -1.10. The van der Waals surface area contributed by atoms with Crippen LogP contribution in [0.15, 0.2) is 36.4 Å². The maximum atomic E-state index is 12.8. The molecule has 0 spiro atoms. The average molecular weight is 469 g/mol. The van der Waals surface area contributed by atoms with Gasteiger partial charge < -0.3 is 14.8 Å². The normalized spacial score (nSPS) is 25.5. The van der Waals surface area contributed by atoms with E-state index in [0.29, 0.717) is 17.9 Å². The van der Waals surface area contributed by atoms with Crippen LogP contribution >= 0.6 is 0 Å². The van der Waals surface area contributed by atoms with E-state index in [9.17, 15) is 24.0 Å². The second-order valence-corrected chi connectivity index (χ2v) is 9.45. The molecule has 3 amide bonds.